The van der Waals surface area contributed by atoms with Crippen LogP contribution in [-0.2, 0) is 15.6 Å². The van der Waals surface area contributed by atoms with Gasteiger partial charge < -0.3 is 0 Å². The summed E-state index contributed by atoms with van der Waals surface area (Å²) in [6, 6.07) is 1.48. The topological polar surface area (TPSA) is 47.0 Å². The highest BCUT2D eigenvalue weighted by atomic mass is 35.5. The second kappa shape index (κ2) is 5.66. The van der Waals surface area contributed by atoms with Crippen LogP contribution in [0.4, 0.5) is 0 Å². The molecule has 0 aliphatic heterocycles. The Bertz CT molecular complexity index is 498. The quantitative estimate of drug-likeness (QED) is 0.797. The van der Waals surface area contributed by atoms with Crippen molar-refractivity contribution in [1.82, 2.24) is 4.98 Å². The van der Waals surface area contributed by atoms with Crippen LogP contribution in [0.2, 0.25) is 10.0 Å². The van der Waals surface area contributed by atoms with Gasteiger partial charge in [-0.05, 0) is 13.0 Å². The monoisotopic (exact) mass is 279 g/mol. The van der Waals surface area contributed by atoms with Crippen LogP contribution in [0.15, 0.2) is 24.4 Å². The summed E-state index contributed by atoms with van der Waals surface area (Å²) in [5.41, 5.74) is 0.329. The van der Waals surface area contributed by atoms with E-state index in [1.165, 1.54) is 12.3 Å². The van der Waals surface area contributed by atoms with Crippen LogP contribution in [0.3, 0.4) is 0 Å². The maximum atomic E-state index is 11.6. The number of allylic oxidation sites excluding steroid dienone is 1. The summed E-state index contributed by atoms with van der Waals surface area (Å²) < 4.78 is 23.2. The molecule has 0 bridgehead atoms. The first kappa shape index (κ1) is 13.5. The Morgan fingerprint density at radius 3 is 2.69 bits per heavy atom. The Balaban J connectivity index is 2.88. The van der Waals surface area contributed by atoms with E-state index in [9.17, 15) is 8.42 Å². The number of sulfone groups is 1. The number of nitrogens with zero attached hydrogens (tertiary/aromatic N) is 1. The Morgan fingerprint density at radius 1 is 1.44 bits per heavy atom. The van der Waals surface area contributed by atoms with E-state index >= 15 is 0 Å². The van der Waals surface area contributed by atoms with Crippen LogP contribution in [0.5, 0.6) is 0 Å². The van der Waals surface area contributed by atoms with Crippen molar-refractivity contribution >= 4 is 33.0 Å². The van der Waals surface area contributed by atoms with Crippen LogP contribution in [-0.4, -0.2) is 19.2 Å². The normalized spacial score (nSPS) is 12.2. The molecule has 0 amide bonds. The van der Waals surface area contributed by atoms with E-state index < -0.39 is 9.84 Å². The van der Waals surface area contributed by atoms with E-state index in [-0.39, 0.29) is 16.5 Å². The predicted octanol–water partition coefficient (Wildman–Crippen LogP) is 2.88. The molecule has 1 aromatic rings. The Kier molecular flexibility index (Phi) is 4.77. The van der Waals surface area contributed by atoms with E-state index in [1.54, 1.807) is 19.1 Å². The van der Waals surface area contributed by atoms with Gasteiger partial charge in [-0.1, -0.05) is 35.4 Å². The molecule has 0 spiro atoms. The zero-order valence-corrected chi connectivity index (χ0v) is 11.0. The van der Waals surface area contributed by atoms with Crippen molar-refractivity contribution in [2.75, 3.05) is 5.75 Å². The summed E-state index contributed by atoms with van der Waals surface area (Å²) in [6.45, 7) is 1.77. The standard InChI is InChI=1S/C10H11Cl2NO2S/c1-2-3-4-16(14,15)7-10-9(12)5-8(11)6-13-10/h2-3,5-6H,4,7H2,1H3/b3-2+. The van der Waals surface area contributed by atoms with Gasteiger partial charge in [0.1, 0.15) is 0 Å². The van der Waals surface area contributed by atoms with Crippen molar-refractivity contribution in [1.29, 1.82) is 0 Å². The number of rotatable bonds is 4. The summed E-state index contributed by atoms with van der Waals surface area (Å²) in [5, 5.41) is 0.663. The van der Waals surface area contributed by atoms with Gasteiger partial charge in [-0.3, -0.25) is 4.98 Å². The molecule has 0 unspecified atom stereocenters. The van der Waals surface area contributed by atoms with E-state index in [0.717, 1.165) is 0 Å². The maximum absolute atomic E-state index is 11.6. The zero-order chi connectivity index (χ0) is 12.2. The first-order valence-electron chi connectivity index (χ1n) is 4.56. The van der Waals surface area contributed by atoms with Crippen LogP contribution in [0.1, 0.15) is 12.6 Å². The van der Waals surface area contributed by atoms with E-state index in [1.807, 2.05) is 0 Å². The number of pyridine rings is 1. The molecular weight excluding hydrogens is 269 g/mol. The first-order chi connectivity index (χ1) is 7.44. The fourth-order valence-corrected chi connectivity index (χ4v) is 2.84. The molecule has 0 saturated heterocycles. The lowest BCUT2D eigenvalue weighted by atomic mass is 10.4. The molecule has 0 atom stereocenters. The van der Waals surface area contributed by atoms with Crippen molar-refractivity contribution in [2.24, 2.45) is 0 Å². The second-order valence-corrected chi connectivity index (χ2v) is 6.16. The van der Waals surface area contributed by atoms with Gasteiger partial charge in [0.05, 0.1) is 27.2 Å². The first-order valence-corrected chi connectivity index (χ1v) is 7.14. The molecule has 88 valence electrons. The number of hydrogen-bond acceptors (Lipinski definition) is 3. The third kappa shape index (κ3) is 4.12. The molecule has 0 aromatic carbocycles. The van der Waals surface area contributed by atoms with Crippen LogP contribution < -0.4 is 0 Å². The molecule has 0 N–H and O–H groups in total. The average molecular weight is 280 g/mol. The minimum atomic E-state index is -3.21. The van der Waals surface area contributed by atoms with E-state index in [0.29, 0.717) is 10.7 Å². The number of aromatic nitrogens is 1. The predicted molar refractivity (Wildman–Crippen MR) is 66.6 cm³/mol. The van der Waals surface area contributed by atoms with Crippen molar-refractivity contribution < 1.29 is 8.42 Å². The van der Waals surface area contributed by atoms with Gasteiger partial charge in [0.25, 0.3) is 0 Å². The van der Waals surface area contributed by atoms with Crippen LogP contribution >= 0.6 is 23.2 Å². The SMILES string of the molecule is C/C=C/CS(=O)(=O)Cc1ncc(Cl)cc1Cl. The maximum Gasteiger partial charge on any atom is 0.159 e. The van der Waals surface area contributed by atoms with Crippen molar-refractivity contribution in [3.8, 4) is 0 Å². The van der Waals surface area contributed by atoms with Gasteiger partial charge in [0, 0.05) is 6.20 Å². The lowest BCUT2D eigenvalue weighted by Gasteiger charge is -2.03. The molecule has 0 aliphatic carbocycles. The molecule has 0 aliphatic rings. The molecule has 0 fully saturated rings. The average Bonchev–Trinajstić information content (AvgIpc) is 2.19. The molecule has 1 aromatic heterocycles. The third-order valence-corrected chi connectivity index (χ3v) is 3.77. The lowest BCUT2D eigenvalue weighted by molar-refractivity contribution is 0.597. The highest BCUT2D eigenvalue weighted by molar-refractivity contribution is 7.90. The molecule has 6 heteroatoms. The van der Waals surface area contributed by atoms with Gasteiger partial charge in [0.15, 0.2) is 9.84 Å². The van der Waals surface area contributed by atoms with Gasteiger partial charge in [0.2, 0.25) is 0 Å². The van der Waals surface area contributed by atoms with E-state index in [4.69, 9.17) is 23.2 Å². The van der Waals surface area contributed by atoms with Gasteiger partial charge in [-0.15, -0.1) is 0 Å². The minimum Gasteiger partial charge on any atom is -0.257 e. The molecule has 1 heterocycles. The second-order valence-electron chi connectivity index (χ2n) is 3.21. The summed E-state index contributed by atoms with van der Waals surface area (Å²) in [4.78, 5) is 3.90. The highest BCUT2D eigenvalue weighted by Gasteiger charge is 2.14. The van der Waals surface area contributed by atoms with Crippen molar-refractivity contribution in [2.45, 2.75) is 12.7 Å². The highest BCUT2D eigenvalue weighted by Crippen LogP contribution is 2.20. The van der Waals surface area contributed by atoms with Crippen molar-refractivity contribution in [3.05, 3.63) is 40.2 Å². The summed E-state index contributed by atoms with van der Waals surface area (Å²) in [5.74, 6) is -0.183. The Morgan fingerprint density at radius 2 is 2.12 bits per heavy atom. The largest absolute Gasteiger partial charge is 0.257 e. The molecule has 16 heavy (non-hydrogen) atoms. The fraction of sp³-hybridized carbons (Fsp3) is 0.300. The smallest absolute Gasteiger partial charge is 0.159 e. The molecular formula is C10H11Cl2NO2S. The summed E-state index contributed by atoms with van der Waals surface area (Å²) in [6.07, 6.45) is 4.65. The zero-order valence-electron chi connectivity index (χ0n) is 8.65. The summed E-state index contributed by atoms with van der Waals surface area (Å²) in [7, 11) is -3.21. The Labute approximate surface area is 105 Å². The number of hydrogen-bond donors (Lipinski definition) is 0. The lowest BCUT2D eigenvalue weighted by Crippen LogP contribution is -2.09. The van der Waals surface area contributed by atoms with Crippen LogP contribution in [0.25, 0.3) is 0 Å². The van der Waals surface area contributed by atoms with Gasteiger partial charge >= 0.3 is 0 Å². The molecule has 0 radical (unpaired) electrons. The van der Waals surface area contributed by atoms with E-state index in [2.05, 4.69) is 4.98 Å². The number of halogens is 2. The minimum absolute atomic E-state index is 0.00979. The fourth-order valence-electron chi connectivity index (χ4n) is 1.06. The molecule has 3 nitrogen and oxygen atoms in total. The van der Waals surface area contributed by atoms with Gasteiger partial charge in [-0.25, -0.2) is 8.42 Å². The third-order valence-electron chi connectivity index (χ3n) is 1.83. The van der Waals surface area contributed by atoms with Crippen molar-refractivity contribution in [3.63, 3.8) is 0 Å². The Hall–Kier alpha value is -0.580. The molecule has 1 rings (SSSR count). The van der Waals surface area contributed by atoms with Gasteiger partial charge in [-0.2, -0.15) is 0 Å². The molecule has 0 saturated carbocycles. The van der Waals surface area contributed by atoms with Crippen LogP contribution in [0, 0.1) is 0 Å². The summed E-state index contributed by atoms with van der Waals surface area (Å²) >= 11 is 11.5.